The molecule has 0 unspecified atom stereocenters. The fourth-order valence-electron chi connectivity index (χ4n) is 7.99. The van der Waals surface area contributed by atoms with Crippen LogP contribution in [0.25, 0.3) is 99.4 Å². The zero-order chi connectivity index (χ0) is 31.3. The topological polar surface area (TPSA) is 61.4 Å². The lowest BCUT2D eigenvalue weighted by molar-refractivity contribution is 1.12. The largest absolute Gasteiger partial charge is 0.308 e. The van der Waals surface area contributed by atoms with Gasteiger partial charge in [0.05, 0.1) is 45.8 Å². The summed E-state index contributed by atoms with van der Waals surface area (Å²) in [5.74, 6) is 0. The van der Waals surface area contributed by atoms with Gasteiger partial charge in [0.25, 0.3) is 0 Å². The summed E-state index contributed by atoms with van der Waals surface area (Å²) in [6.45, 7) is 0. The standard InChI is InChI=1S/C42H24N6/c1-3-10-36-29(6-1)31-14-16-43-23-38(31)47(36)26-20-25(21-27(22-26)48-37-11-4-2-7-30(37)32-15-17-44-24-39(32)48)28-12-13-35-40-33(28)8-5-9-34(40)41-42(35)46-19-18-45-41/h1-24H. The van der Waals surface area contributed by atoms with E-state index < -0.39 is 0 Å². The van der Waals surface area contributed by atoms with E-state index in [1.165, 1.54) is 32.3 Å². The Balaban J connectivity index is 1.27. The van der Waals surface area contributed by atoms with Crippen molar-refractivity contribution in [2.75, 3.05) is 0 Å². The van der Waals surface area contributed by atoms with Gasteiger partial charge in [0, 0.05) is 74.2 Å². The van der Waals surface area contributed by atoms with Gasteiger partial charge in [-0.05, 0) is 59.0 Å². The van der Waals surface area contributed by atoms with Gasteiger partial charge in [0.2, 0.25) is 0 Å². The third-order valence-corrected chi connectivity index (χ3v) is 9.93. The van der Waals surface area contributed by atoms with Crippen LogP contribution in [-0.4, -0.2) is 29.1 Å². The van der Waals surface area contributed by atoms with E-state index in [1.54, 1.807) is 12.4 Å². The predicted molar refractivity (Wildman–Crippen MR) is 194 cm³/mol. The predicted octanol–water partition coefficient (Wildman–Crippen LogP) is 9.93. The fourth-order valence-corrected chi connectivity index (χ4v) is 7.99. The Morgan fingerprint density at radius 2 is 0.917 bits per heavy atom. The first-order chi connectivity index (χ1) is 23.8. The molecule has 5 aromatic carbocycles. The zero-order valence-electron chi connectivity index (χ0n) is 25.5. The van der Waals surface area contributed by atoms with Crippen LogP contribution in [0.4, 0.5) is 0 Å². The molecule has 222 valence electrons. The number of pyridine rings is 2. The van der Waals surface area contributed by atoms with Crippen molar-refractivity contribution in [1.82, 2.24) is 29.1 Å². The quantitative estimate of drug-likeness (QED) is 0.199. The van der Waals surface area contributed by atoms with Crippen LogP contribution < -0.4 is 0 Å². The van der Waals surface area contributed by atoms with Crippen molar-refractivity contribution in [2.24, 2.45) is 0 Å². The van der Waals surface area contributed by atoms with Crippen LogP contribution in [0, 0.1) is 0 Å². The lowest BCUT2D eigenvalue weighted by Crippen LogP contribution is -2.00. The lowest BCUT2D eigenvalue weighted by Gasteiger charge is -2.17. The van der Waals surface area contributed by atoms with Gasteiger partial charge in [-0.15, -0.1) is 0 Å². The first-order valence-electron chi connectivity index (χ1n) is 16.0. The Labute approximate surface area is 274 Å². The molecule has 0 aliphatic heterocycles. The molecule has 5 heterocycles. The number of rotatable bonds is 3. The van der Waals surface area contributed by atoms with Crippen LogP contribution in [0.3, 0.4) is 0 Å². The van der Waals surface area contributed by atoms with Gasteiger partial charge in [-0.25, -0.2) is 0 Å². The normalized spacial score (nSPS) is 12.2. The fraction of sp³-hybridized carbons (Fsp3) is 0. The third kappa shape index (κ3) is 3.35. The van der Waals surface area contributed by atoms with Crippen molar-refractivity contribution >= 4 is 54.4 Å². The van der Waals surface area contributed by atoms with Crippen LogP contribution in [0.5, 0.6) is 0 Å². The summed E-state index contributed by atoms with van der Waals surface area (Å²) in [6, 6.07) is 39.3. The molecule has 1 aliphatic carbocycles. The zero-order valence-corrected chi connectivity index (χ0v) is 25.5. The van der Waals surface area contributed by atoms with Gasteiger partial charge in [0.15, 0.2) is 0 Å². The summed E-state index contributed by atoms with van der Waals surface area (Å²) < 4.78 is 4.70. The summed E-state index contributed by atoms with van der Waals surface area (Å²) in [6.07, 6.45) is 11.3. The van der Waals surface area contributed by atoms with Gasteiger partial charge in [-0.2, -0.15) is 0 Å². The molecular formula is C42H24N6. The highest BCUT2D eigenvalue weighted by Crippen LogP contribution is 2.48. The average Bonchev–Trinajstić information content (AvgIpc) is 3.79. The van der Waals surface area contributed by atoms with Crippen molar-refractivity contribution < 1.29 is 0 Å². The molecule has 0 radical (unpaired) electrons. The van der Waals surface area contributed by atoms with E-state index in [0.29, 0.717) is 0 Å². The molecule has 10 aromatic rings. The van der Waals surface area contributed by atoms with E-state index in [2.05, 4.69) is 128 Å². The number of nitrogens with zero attached hydrogens (tertiary/aromatic N) is 6. The number of fused-ring (bicyclic) bond motifs is 9. The van der Waals surface area contributed by atoms with Crippen molar-refractivity contribution in [2.45, 2.75) is 0 Å². The van der Waals surface area contributed by atoms with Crippen molar-refractivity contribution in [3.63, 3.8) is 0 Å². The highest BCUT2D eigenvalue weighted by molar-refractivity contribution is 6.17. The summed E-state index contributed by atoms with van der Waals surface area (Å²) in [4.78, 5) is 18.6. The lowest BCUT2D eigenvalue weighted by atomic mass is 9.94. The summed E-state index contributed by atoms with van der Waals surface area (Å²) in [5.41, 5.74) is 13.0. The van der Waals surface area contributed by atoms with E-state index in [4.69, 9.17) is 9.97 Å². The maximum atomic E-state index is 4.73. The molecule has 0 fully saturated rings. The molecule has 1 aliphatic rings. The second-order valence-corrected chi connectivity index (χ2v) is 12.4. The van der Waals surface area contributed by atoms with Gasteiger partial charge < -0.3 is 9.13 Å². The molecule has 0 atom stereocenters. The van der Waals surface area contributed by atoms with E-state index in [0.717, 1.165) is 67.1 Å². The molecule has 5 aromatic heterocycles. The monoisotopic (exact) mass is 612 g/mol. The van der Waals surface area contributed by atoms with Gasteiger partial charge >= 0.3 is 0 Å². The first kappa shape index (κ1) is 25.5. The van der Waals surface area contributed by atoms with Crippen LogP contribution >= 0.6 is 0 Å². The van der Waals surface area contributed by atoms with Crippen molar-refractivity contribution in [1.29, 1.82) is 0 Å². The van der Waals surface area contributed by atoms with Crippen LogP contribution in [0.15, 0.2) is 146 Å². The molecule has 6 nitrogen and oxygen atoms in total. The molecule has 48 heavy (non-hydrogen) atoms. The highest BCUT2D eigenvalue weighted by atomic mass is 15.0. The SMILES string of the molecule is c1cc2c3c(ccc(-c4cc(-n5c6ccccc6c6ccncc65)cc(-n5c6ccccc6c6ccncc65)c4)c3c1)-c1nccnc1-2. The van der Waals surface area contributed by atoms with E-state index >= 15 is 0 Å². The van der Waals surface area contributed by atoms with Gasteiger partial charge in [-0.1, -0.05) is 66.7 Å². The second kappa shape index (κ2) is 9.44. The minimum Gasteiger partial charge on any atom is -0.308 e. The Kier molecular flexibility index (Phi) is 5.02. The molecule has 0 saturated heterocycles. The molecule has 0 saturated carbocycles. The number of hydrogen-bond acceptors (Lipinski definition) is 4. The summed E-state index contributed by atoms with van der Waals surface area (Å²) in [7, 11) is 0. The van der Waals surface area contributed by atoms with Gasteiger partial charge in [-0.3, -0.25) is 19.9 Å². The smallest absolute Gasteiger partial charge is 0.0971 e. The summed E-state index contributed by atoms with van der Waals surface area (Å²) in [5, 5.41) is 7.14. The molecule has 0 N–H and O–H groups in total. The Bertz CT molecular complexity index is 2700. The molecule has 0 bridgehead atoms. The average molecular weight is 613 g/mol. The number of hydrogen-bond donors (Lipinski definition) is 0. The summed E-state index contributed by atoms with van der Waals surface area (Å²) >= 11 is 0. The Morgan fingerprint density at radius 1 is 0.396 bits per heavy atom. The maximum Gasteiger partial charge on any atom is 0.0971 e. The van der Waals surface area contributed by atoms with E-state index in [9.17, 15) is 0 Å². The highest BCUT2D eigenvalue weighted by Gasteiger charge is 2.25. The van der Waals surface area contributed by atoms with Crippen LogP contribution in [0.1, 0.15) is 0 Å². The Morgan fingerprint density at radius 3 is 1.54 bits per heavy atom. The Hall–Kier alpha value is -6.66. The number of para-hydroxylation sites is 2. The van der Waals surface area contributed by atoms with Gasteiger partial charge in [0.1, 0.15) is 0 Å². The molecule has 0 spiro atoms. The second-order valence-electron chi connectivity index (χ2n) is 12.4. The van der Waals surface area contributed by atoms with Crippen LogP contribution in [-0.2, 0) is 0 Å². The third-order valence-electron chi connectivity index (χ3n) is 9.93. The minimum atomic E-state index is 0.945. The number of aromatic nitrogens is 6. The minimum absolute atomic E-state index is 0.945. The first-order valence-corrected chi connectivity index (χ1v) is 16.0. The van der Waals surface area contributed by atoms with E-state index in [1.807, 2.05) is 24.8 Å². The molecule has 0 amide bonds. The maximum absolute atomic E-state index is 4.73. The van der Waals surface area contributed by atoms with Crippen molar-refractivity contribution in [3.8, 4) is 45.0 Å². The number of benzene rings is 5. The van der Waals surface area contributed by atoms with Crippen LogP contribution in [0.2, 0.25) is 0 Å². The molecule has 11 rings (SSSR count). The van der Waals surface area contributed by atoms with E-state index in [-0.39, 0.29) is 0 Å². The van der Waals surface area contributed by atoms with Crippen molar-refractivity contribution in [3.05, 3.63) is 146 Å². The molecule has 6 heteroatoms. The molecular weight excluding hydrogens is 589 g/mol.